The number of aromatic nitrogens is 1. The molecule has 3 rings (SSSR count). The summed E-state index contributed by atoms with van der Waals surface area (Å²) in [5, 5.41) is 13.0. The van der Waals surface area contributed by atoms with E-state index in [4.69, 9.17) is 5.11 Å². The van der Waals surface area contributed by atoms with Gasteiger partial charge in [0.2, 0.25) is 5.91 Å². The molecule has 0 radical (unpaired) electrons. The molecule has 0 aliphatic heterocycles. The first-order valence-electron chi connectivity index (χ1n) is 7.15. The van der Waals surface area contributed by atoms with Crippen molar-refractivity contribution in [1.29, 1.82) is 0 Å². The van der Waals surface area contributed by atoms with Gasteiger partial charge in [0, 0.05) is 31.2 Å². The molecule has 0 spiro atoms. The minimum absolute atomic E-state index is 0.0969. The van der Waals surface area contributed by atoms with Crippen molar-refractivity contribution in [2.24, 2.45) is 5.41 Å². The zero-order chi connectivity index (χ0) is 14.9. The number of carbonyl (C=O) groups excluding carboxylic acids is 1. The average molecular weight is 286 g/mol. The molecule has 1 amide bonds. The van der Waals surface area contributed by atoms with E-state index in [1.807, 2.05) is 41.1 Å². The third-order valence-corrected chi connectivity index (χ3v) is 4.19. The Morgan fingerprint density at radius 2 is 2.00 bits per heavy atom. The van der Waals surface area contributed by atoms with E-state index in [9.17, 15) is 9.59 Å². The quantitative estimate of drug-likeness (QED) is 0.853. The Hall–Kier alpha value is -2.30. The van der Waals surface area contributed by atoms with Crippen LogP contribution >= 0.6 is 0 Å². The number of nitrogens with zero attached hydrogens (tertiary/aromatic N) is 1. The van der Waals surface area contributed by atoms with Gasteiger partial charge in [-0.3, -0.25) is 9.59 Å². The van der Waals surface area contributed by atoms with Crippen LogP contribution in [0.1, 0.15) is 19.3 Å². The molecule has 0 unspecified atom stereocenters. The number of benzene rings is 1. The van der Waals surface area contributed by atoms with Gasteiger partial charge in [0.25, 0.3) is 0 Å². The number of rotatable bonds is 6. The molecule has 0 bridgehead atoms. The van der Waals surface area contributed by atoms with Crippen molar-refractivity contribution in [2.75, 3.05) is 6.54 Å². The molecule has 21 heavy (non-hydrogen) atoms. The molecule has 1 aromatic carbocycles. The number of carbonyl (C=O) groups is 2. The maximum absolute atomic E-state index is 11.9. The van der Waals surface area contributed by atoms with E-state index in [0.717, 1.165) is 10.9 Å². The van der Waals surface area contributed by atoms with Crippen LogP contribution in [0.2, 0.25) is 0 Å². The number of aryl methyl sites for hydroxylation is 1. The predicted molar refractivity (Wildman–Crippen MR) is 78.9 cm³/mol. The van der Waals surface area contributed by atoms with E-state index in [1.54, 1.807) is 0 Å². The van der Waals surface area contributed by atoms with Crippen molar-refractivity contribution in [1.82, 2.24) is 9.88 Å². The first-order valence-corrected chi connectivity index (χ1v) is 7.15. The van der Waals surface area contributed by atoms with E-state index in [1.165, 1.54) is 0 Å². The Morgan fingerprint density at radius 1 is 1.24 bits per heavy atom. The number of para-hydroxylation sites is 1. The first kappa shape index (κ1) is 13.7. The lowest BCUT2D eigenvalue weighted by atomic mass is 10.1. The Morgan fingerprint density at radius 3 is 2.71 bits per heavy atom. The second-order valence-corrected chi connectivity index (χ2v) is 5.68. The van der Waals surface area contributed by atoms with Crippen LogP contribution in [0, 0.1) is 5.41 Å². The standard InChI is InChI=1S/C16H18N2O3/c19-14(17-11-16(7-8-16)15(20)21)6-10-18-9-5-12-3-1-2-4-13(12)18/h1-5,9H,6-8,10-11H2,(H,17,19)(H,20,21). The fourth-order valence-electron chi connectivity index (χ4n) is 2.53. The molecule has 2 aromatic rings. The lowest BCUT2D eigenvalue weighted by Crippen LogP contribution is -2.34. The zero-order valence-electron chi connectivity index (χ0n) is 11.7. The van der Waals surface area contributed by atoms with Crippen LogP contribution in [0.15, 0.2) is 36.5 Å². The first-order chi connectivity index (χ1) is 10.1. The van der Waals surface area contributed by atoms with Gasteiger partial charge in [0.1, 0.15) is 0 Å². The summed E-state index contributed by atoms with van der Waals surface area (Å²) in [6, 6.07) is 10.0. The monoisotopic (exact) mass is 286 g/mol. The van der Waals surface area contributed by atoms with Crippen molar-refractivity contribution in [3.05, 3.63) is 36.5 Å². The third kappa shape index (κ3) is 2.77. The van der Waals surface area contributed by atoms with E-state index in [0.29, 0.717) is 25.8 Å². The molecule has 110 valence electrons. The van der Waals surface area contributed by atoms with Gasteiger partial charge in [0.15, 0.2) is 0 Å². The van der Waals surface area contributed by atoms with E-state index < -0.39 is 11.4 Å². The number of fused-ring (bicyclic) bond motifs is 1. The summed E-state index contributed by atoms with van der Waals surface area (Å²) >= 11 is 0. The van der Waals surface area contributed by atoms with Gasteiger partial charge >= 0.3 is 5.97 Å². The van der Waals surface area contributed by atoms with Gasteiger partial charge in [-0.25, -0.2) is 0 Å². The normalized spacial score (nSPS) is 15.8. The largest absolute Gasteiger partial charge is 0.481 e. The highest BCUT2D eigenvalue weighted by Gasteiger charge is 2.50. The molecular weight excluding hydrogens is 268 g/mol. The van der Waals surface area contributed by atoms with Gasteiger partial charge in [-0.15, -0.1) is 0 Å². The van der Waals surface area contributed by atoms with Crippen molar-refractivity contribution < 1.29 is 14.7 Å². The number of nitrogens with one attached hydrogen (secondary N) is 1. The van der Waals surface area contributed by atoms with Crippen molar-refractivity contribution in [2.45, 2.75) is 25.8 Å². The van der Waals surface area contributed by atoms with Gasteiger partial charge in [-0.2, -0.15) is 0 Å². The van der Waals surface area contributed by atoms with Gasteiger partial charge in [-0.05, 0) is 30.4 Å². The number of amides is 1. The summed E-state index contributed by atoms with van der Waals surface area (Å²) in [6.07, 6.45) is 3.64. The highest BCUT2D eigenvalue weighted by atomic mass is 16.4. The second-order valence-electron chi connectivity index (χ2n) is 5.68. The van der Waals surface area contributed by atoms with Crippen molar-refractivity contribution in [3.63, 3.8) is 0 Å². The number of hydrogen-bond acceptors (Lipinski definition) is 2. The topological polar surface area (TPSA) is 71.3 Å². The van der Waals surface area contributed by atoms with Crippen LogP contribution in [-0.4, -0.2) is 28.1 Å². The Balaban J connectivity index is 1.53. The molecule has 1 aliphatic rings. The average Bonchev–Trinajstić information content (AvgIpc) is 3.18. The van der Waals surface area contributed by atoms with Crippen LogP contribution in [0.25, 0.3) is 10.9 Å². The summed E-state index contributed by atoms with van der Waals surface area (Å²) in [5.41, 5.74) is 0.407. The molecule has 0 saturated heterocycles. The smallest absolute Gasteiger partial charge is 0.311 e. The number of carboxylic acid groups (broad SMARTS) is 1. The highest BCUT2D eigenvalue weighted by Crippen LogP contribution is 2.45. The SMILES string of the molecule is O=C(CCn1ccc2ccccc21)NCC1(C(=O)O)CC1. The highest BCUT2D eigenvalue weighted by molar-refractivity contribution is 5.82. The minimum atomic E-state index is -0.806. The molecule has 1 fully saturated rings. The molecule has 0 atom stereocenters. The van der Waals surface area contributed by atoms with Gasteiger partial charge in [0.05, 0.1) is 5.41 Å². The molecule has 1 heterocycles. The second kappa shape index (κ2) is 5.24. The lowest BCUT2D eigenvalue weighted by Gasteiger charge is -2.11. The number of carboxylic acids is 1. The molecule has 5 nitrogen and oxygen atoms in total. The zero-order valence-corrected chi connectivity index (χ0v) is 11.7. The van der Waals surface area contributed by atoms with Crippen LogP contribution in [0.4, 0.5) is 0 Å². The molecular formula is C16H18N2O3. The van der Waals surface area contributed by atoms with Crippen LogP contribution in [0.3, 0.4) is 0 Å². The Bertz CT molecular complexity index is 686. The van der Waals surface area contributed by atoms with Gasteiger partial charge in [-0.1, -0.05) is 18.2 Å². The maximum Gasteiger partial charge on any atom is 0.311 e. The van der Waals surface area contributed by atoms with Gasteiger partial charge < -0.3 is 15.0 Å². The molecule has 1 aromatic heterocycles. The summed E-state index contributed by atoms with van der Waals surface area (Å²) in [7, 11) is 0. The van der Waals surface area contributed by atoms with Crippen LogP contribution in [-0.2, 0) is 16.1 Å². The summed E-state index contributed by atoms with van der Waals surface area (Å²) < 4.78 is 2.04. The minimum Gasteiger partial charge on any atom is -0.481 e. The summed E-state index contributed by atoms with van der Waals surface area (Å²) in [6.45, 7) is 0.840. The molecule has 2 N–H and O–H groups in total. The number of aliphatic carboxylic acids is 1. The van der Waals surface area contributed by atoms with Crippen molar-refractivity contribution >= 4 is 22.8 Å². The van der Waals surface area contributed by atoms with Crippen LogP contribution in [0.5, 0.6) is 0 Å². The Labute approximate surface area is 122 Å². The fourth-order valence-corrected chi connectivity index (χ4v) is 2.53. The third-order valence-electron chi connectivity index (χ3n) is 4.19. The maximum atomic E-state index is 11.9. The van der Waals surface area contributed by atoms with E-state index in [-0.39, 0.29) is 12.5 Å². The molecule has 1 saturated carbocycles. The van der Waals surface area contributed by atoms with E-state index >= 15 is 0 Å². The number of hydrogen-bond donors (Lipinski definition) is 2. The van der Waals surface area contributed by atoms with E-state index in [2.05, 4.69) is 5.32 Å². The predicted octanol–water partition coefficient (Wildman–Crippen LogP) is 2.01. The fraction of sp³-hybridized carbons (Fsp3) is 0.375. The Kier molecular flexibility index (Phi) is 3.41. The summed E-state index contributed by atoms with van der Waals surface area (Å²) in [4.78, 5) is 22.9. The lowest BCUT2D eigenvalue weighted by molar-refractivity contribution is -0.143. The summed E-state index contributed by atoms with van der Waals surface area (Å²) in [5.74, 6) is -0.903. The van der Waals surface area contributed by atoms with Crippen LogP contribution < -0.4 is 5.32 Å². The van der Waals surface area contributed by atoms with Crippen molar-refractivity contribution in [3.8, 4) is 0 Å². The molecule has 5 heteroatoms. The molecule has 1 aliphatic carbocycles.